The first-order valence-electron chi connectivity index (χ1n) is 6.39. The van der Waals surface area contributed by atoms with Gasteiger partial charge in [0.25, 0.3) is 0 Å². The summed E-state index contributed by atoms with van der Waals surface area (Å²) in [5, 5.41) is 0. The lowest BCUT2D eigenvalue weighted by molar-refractivity contribution is 0.192. The highest BCUT2D eigenvalue weighted by molar-refractivity contribution is 6.56. The molecule has 2 radical (unpaired) electrons. The summed E-state index contributed by atoms with van der Waals surface area (Å²) in [5.74, 6) is 1.51. The predicted octanol–water partition coefficient (Wildman–Crippen LogP) is 0.495. The first-order chi connectivity index (χ1) is 9.06. The van der Waals surface area contributed by atoms with Crippen molar-refractivity contribution in [1.82, 2.24) is 14.9 Å². The van der Waals surface area contributed by atoms with E-state index in [0.717, 1.165) is 38.3 Å². The summed E-state index contributed by atoms with van der Waals surface area (Å²) in [5.41, 5.74) is 5.65. The van der Waals surface area contributed by atoms with Crippen molar-refractivity contribution in [2.24, 2.45) is 5.92 Å². The van der Waals surface area contributed by atoms with E-state index < -0.39 is 0 Å². The highest BCUT2D eigenvalue weighted by Crippen LogP contribution is 2.20. The fourth-order valence-corrected chi connectivity index (χ4v) is 2.39. The highest BCUT2D eigenvalue weighted by atomic mass is 16.1. The maximum atomic E-state index is 11.0. The Labute approximate surface area is 114 Å². The lowest BCUT2D eigenvalue weighted by Gasteiger charge is -2.34. The Morgan fingerprint density at radius 1 is 1.53 bits per heavy atom. The smallest absolute Gasteiger partial charge is 0.200 e. The van der Waals surface area contributed by atoms with Crippen LogP contribution in [0.1, 0.15) is 12.8 Å². The molecule has 1 aromatic heterocycles. The summed E-state index contributed by atoms with van der Waals surface area (Å²) in [6, 6.07) is 1.76. The molecular weight excluding hydrogens is 241 g/mol. The van der Waals surface area contributed by atoms with Crippen molar-refractivity contribution >= 4 is 25.3 Å². The molecule has 1 aliphatic heterocycles. The van der Waals surface area contributed by atoms with Crippen LogP contribution in [0.2, 0.25) is 0 Å². The predicted molar refractivity (Wildman–Crippen MR) is 75.2 cm³/mol. The molecule has 19 heavy (non-hydrogen) atoms. The van der Waals surface area contributed by atoms with Crippen LogP contribution < -0.4 is 10.6 Å². The number of amides is 1. The Kier molecular flexibility index (Phi) is 4.24. The van der Waals surface area contributed by atoms with E-state index in [9.17, 15) is 4.79 Å². The van der Waals surface area contributed by atoms with Gasteiger partial charge in [-0.2, -0.15) is 0 Å². The average Bonchev–Trinajstić information content (AvgIpc) is 2.39. The minimum absolute atomic E-state index is 0.324. The number of aromatic nitrogens is 2. The van der Waals surface area contributed by atoms with Crippen LogP contribution in [0.5, 0.6) is 0 Å². The number of carbonyl (C=O) groups excluding carboxylic acids is 1. The van der Waals surface area contributed by atoms with Crippen LogP contribution in [-0.2, 0) is 0 Å². The van der Waals surface area contributed by atoms with Crippen LogP contribution in [0.25, 0.3) is 0 Å². The number of hydrogen-bond donors (Lipinski definition) is 1. The molecule has 0 unspecified atom stereocenters. The summed E-state index contributed by atoms with van der Waals surface area (Å²) >= 11 is 0. The monoisotopic (exact) mass is 259 g/mol. The van der Waals surface area contributed by atoms with Crippen molar-refractivity contribution in [3.8, 4) is 0 Å². The van der Waals surface area contributed by atoms with Gasteiger partial charge in [0, 0.05) is 32.7 Å². The van der Waals surface area contributed by atoms with E-state index in [0.29, 0.717) is 11.7 Å². The molecule has 1 aromatic rings. The van der Waals surface area contributed by atoms with Gasteiger partial charge >= 0.3 is 0 Å². The summed E-state index contributed by atoms with van der Waals surface area (Å²) < 4.78 is 0. The Bertz CT molecular complexity index is 448. The standard InChI is InChI=1S/C12H18BN5O/c1-17(11-6-10(14)15-8-16-11)7-9-2-4-18(5-3-9)12(13)19/h6,8-9H,2-5,7H2,1H3,(H2,14,15,16). The maximum Gasteiger partial charge on any atom is 0.200 e. The van der Waals surface area contributed by atoms with E-state index in [1.807, 2.05) is 7.05 Å². The van der Waals surface area contributed by atoms with Gasteiger partial charge in [-0.1, -0.05) is 0 Å². The van der Waals surface area contributed by atoms with Crippen molar-refractivity contribution in [3.05, 3.63) is 12.4 Å². The Morgan fingerprint density at radius 3 is 2.79 bits per heavy atom. The number of carbonyl (C=O) groups is 1. The molecule has 0 saturated carbocycles. The highest BCUT2D eigenvalue weighted by Gasteiger charge is 2.21. The quantitative estimate of drug-likeness (QED) is 0.800. The Morgan fingerprint density at radius 2 is 2.21 bits per heavy atom. The van der Waals surface area contributed by atoms with Crippen molar-refractivity contribution in [2.75, 3.05) is 37.3 Å². The average molecular weight is 259 g/mol. The third kappa shape index (κ3) is 3.59. The minimum Gasteiger partial charge on any atom is -0.384 e. The lowest BCUT2D eigenvalue weighted by atomic mass is 9.94. The van der Waals surface area contributed by atoms with E-state index in [4.69, 9.17) is 13.6 Å². The molecule has 1 amide bonds. The Balaban J connectivity index is 1.87. The van der Waals surface area contributed by atoms with Crippen molar-refractivity contribution in [2.45, 2.75) is 12.8 Å². The lowest BCUT2D eigenvalue weighted by Crippen LogP contribution is -2.40. The zero-order valence-corrected chi connectivity index (χ0v) is 11.1. The number of nitrogen functional groups attached to an aromatic ring is 1. The first-order valence-corrected chi connectivity index (χ1v) is 6.39. The molecule has 1 saturated heterocycles. The molecule has 7 heteroatoms. The van der Waals surface area contributed by atoms with Gasteiger partial charge in [-0.3, -0.25) is 4.79 Å². The molecule has 1 aliphatic rings. The summed E-state index contributed by atoms with van der Waals surface area (Å²) in [4.78, 5) is 22.9. The van der Waals surface area contributed by atoms with Crippen LogP contribution in [0.3, 0.4) is 0 Å². The van der Waals surface area contributed by atoms with E-state index in [-0.39, 0.29) is 5.81 Å². The minimum atomic E-state index is -0.324. The van der Waals surface area contributed by atoms with Crippen LogP contribution in [0.15, 0.2) is 12.4 Å². The molecule has 1 fully saturated rings. The van der Waals surface area contributed by atoms with Crippen LogP contribution in [0, 0.1) is 5.92 Å². The molecule has 2 rings (SSSR count). The SMILES string of the molecule is [B]C(=O)N1CCC(CN(C)c2cc(N)ncn2)CC1. The molecule has 100 valence electrons. The molecule has 0 atom stereocenters. The number of piperidine rings is 1. The molecular formula is C12H18BN5O. The summed E-state index contributed by atoms with van der Waals surface area (Å²) in [6.45, 7) is 2.36. The van der Waals surface area contributed by atoms with Crippen molar-refractivity contribution in [1.29, 1.82) is 0 Å². The summed E-state index contributed by atoms with van der Waals surface area (Å²) in [7, 11) is 7.26. The van der Waals surface area contributed by atoms with Gasteiger partial charge in [0.05, 0.1) is 0 Å². The van der Waals surface area contributed by atoms with Gasteiger partial charge in [0.15, 0.2) is 5.81 Å². The summed E-state index contributed by atoms with van der Waals surface area (Å²) in [6.07, 6.45) is 3.40. The fraction of sp³-hybridized carbons (Fsp3) is 0.583. The van der Waals surface area contributed by atoms with E-state index >= 15 is 0 Å². The zero-order chi connectivity index (χ0) is 13.8. The van der Waals surface area contributed by atoms with Crippen LogP contribution in [0.4, 0.5) is 16.4 Å². The third-order valence-electron chi connectivity index (χ3n) is 3.52. The zero-order valence-electron chi connectivity index (χ0n) is 11.1. The molecule has 2 heterocycles. The second-order valence-electron chi connectivity index (χ2n) is 4.95. The van der Waals surface area contributed by atoms with Crippen molar-refractivity contribution < 1.29 is 4.79 Å². The normalized spacial score (nSPS) is 16.4. The fourth-order valence-electron chi connectivity index (χ4n) is 2.39. The van der Waals surface area contributed by atoms with Gasteiger partial charge in [-0.15, -0.1) is 0 Å². The molecule has 6 nitrogen and oxygen atoms in total. The number of nitrogens with two attached hydrogens (primary N) is 1. The number of likely N-dealkylation sites (tertiary alicyclic amines) is 1. The third-order valence-corrected chi connectivity index (χ3v) is 3.52. The molecule has 2 N–H and O–H groups in total. The number of rotatable bonds is 3. The second kappa shape index (κ2) is 5.90. The Hall–Kier alpha value is -1.79. The van der Waals surface area contributed by atoms with Gasteiger partial charge in [-0.05, 0) is 18.8 Å². The van der Waals surface area contributed by atoms with E-state index in [1.165, 1.54) is 6.33 Å². The van der Waals surface area contributed by atoms with Gasteiger partial charge in [0.2, 0.25) is 7.85 Å². The van der Waals surface area contributed by atoms with Gasteiger partial charge in [0.1, 0.15) is 18.0 Å². The number of anilines is 2. The molecule has 0 bridgehead atoms. The first kappa shape index (κ1) is 13.6. The van der Waals surface area contributed by atoms with Crippen LogP contribution in [-0.4, -0.2) is 55.2 Å². The largest absolute Gasteiger partial charge is 0.384 e. The molecule has 0 aliphatic carbocycles. The number of nitrogens with zero attached hydrogens (tertiary/aromatic N) is 4. The van der Waals surface area contributed by atoms with Gasteiger partial charge < -0.3 is 15.5 Å². The van der Waals surface area contributed by atoms with Crippen LogP contribution >= 0.6 is 0 Å². The number of hydrogen-bond acceptors (Lipinski definition) is 5. The molecule has 0 aromatic carbocycles. The maximum absolute atomic E-state index is 11.0. The van der Waals surface area contributed by atoms with Crippen molar-refractivity contribution in [3.63, 3.8) is 0 Å². The van der Waals surface area contributed by atoms with E-state index in [1.54, 1.807) is 11.0 Å². The molecule has 0 spiro atoms. The van der Waals surface area contributed by atoms with Gasteiger partial charge in [-0.25, -0.2) is 9.97 Å². The van der Waals surface area contributed by atoms with E-state index in [2.05, 4.69) is 14.9 Å². The second-order valence-corrected chi connectivity index (χ2v) is 4.95. The topological polar surface area (TPSA) is 75.4 Å².